The molecule has 2 aromatic rings. The summed E-state index contributed by atoms with van der Waals surface area (Å²) in [6.07, 6.45) is 1.32. The number of anilines is 1. The number of thiocarbonyl (C=S) groups is 1. The van der Waals surface area contributed by atoms with E-state index in [1.807, 2.05) is 13.8 Å². The fourth-order valence-corrected chi connectivity index (χ4v) is 2.22. The van der Waals surface area contributed by atoms with E-state index in [0.717, 1.165) is 4.68 Å². The number of rotatable bonds is 4. The molecule has 0 aliphatic heterocycles. The lowest BCUT2D eigenvalue weighted by atomic mass is 10.1. The van der Waals surface area contributed by atoms with Gasteiger partial charge in [0.05, 0.1) is 12.1 Å². The van der Waals surface area contributed by atoms with E-state index in [1.165, 1.54) is 12.3 Å². The topological polar surface area (TPSA) is 41.9 Å². The maximum atomic E-state index is 13.6. The van der Waals surface area contributed by atoms with Crippen LogP contribution in [0.3, 0.4) is 0 Å². The second-order valence-electron chi connectivity index (χ2n) is 5.20. The van der Waals surface area contributed by atoms with Gasteiger partial charge in [-0.15, -0.1) is 0 Å². The molecular formula is C14H13F5N4S. The minimum absolute atomic E-state index is 0.0837. The van der Waals surface area contributed by atoms with Crippen LogP contribution in [0.25, 0.3) is 0 Å². The largest absolute Gasteiger partial charge is 0.360 e. The molecule has 0 aliphatic rings. The standard InChI is InChI=1S/C14H13F5N4S/c1-6(2)20-14(24)21-8-3-4-23(22-8)5-7-9(15)11(17)13(19)12(18)10(7)16/h3-4,6H,5H2,1-2H3,(H2,20,21,22,24). The highest BCUT2D eigenvalue weighted by atomic mass is 32.1. The normalized spacial score (nSPS) is 11.0. The first kappa shape index (κ1) is 18.1. The summed E-state index contributed by atoms with van der Waals surface area (Å²) in [5.74, 6) is -9.67. The average molecular weight is 364 g/mol. The molecule has 1 heterocycles. The average Bonchev–Trinajstić information content (AvgIpc) is 2.94. The summed E-state index contributed by atoms with van der Waals surface area (Å²) >= 11 is 5.01. The molecule has 1 aromatic heterocycles. The lowest BCUT2D eigenvalue weighted by molar-refractivity contribution is 0.367. The molecule has 1 aromatic carbocycles. The maximum absolute atomic E-state index is 13.6. The zero-order valence-electron chi connectivity index (χ0n) is 12.6. The molecule has 0 fully saturated rings. The summed E-state index contributed by atoms with van der Waals surface area (Å²) in [5, 5.41) is 9.84. The van der Waals surface area contributed by atoms with Crippen LogP contribution in [0.2, 0.25) is 0 Å². The molecule has 2 rings (SSSR count). The molecule has 0 bridgehead atoms. The quantitative estimate of drug-likeness (QED) is 0.378. The third-order valence-corrected chi connectivity index (χ3v) is 3.14. The first-order valence-electron chi connectivity index (χ1n) is 6.82. The van der Waals surface area contributed by atoms with Gasteiger partial charge >= 0.3 is 0 Å². The molecule has 0 atom stereocenters. The van der Waals surface area contributed by atoms with E-state index in [2.05, 4.69) is 15.7 Å². The van der Waals surface area contributed by atoms with Gasteiger partial charge in [-0.1, -0.05) is 0 Å². The lowest BCUT2D eigenvalue weighted by Gasteiger charge is -2.11. The van der Waals surface area contributed by atoms with Crippen LogP contribution in [0.4, 0.5) is 27.8 Å². The third kappa shape index (κ3) is 3.81. The number of aromatic nitrogens is 2. The first-order chi connectivity index (χ1) is 11.2. The highest BCUT2D eigenvalue weighted by Crippen LogP contribution is 2.23. The van der Waals surface area contributed by atoms with Crippen LogP contribution in [-0.2, 0) is 6.54 Å². The van der Waals surface area contributed by atoms with Gasteiger partial charge in [-0.2, -0.15) is 5.10 Å². The fourth-order valence-electron chi connectivity index (χ4n) is 1.88. The van der Waals surface area contributed by atoms with Crippen LogP contribution in [-0.4, -0.2) is 20.9 Å². The number of benzene rings is 1. The zero-order chi connectivity index (χ0) is 18.0. The molecule has 2 N–H and O–H groups in total. The second kappa shape index (κ2) is 7.12. The minimum Gasteiger partial charge on any atom is -0.360 e. The maximum Gasteiger partial charge on any atom is 0.200 e. The fraction of sp³-hybridized carbons (Fsp3) is 0.286. The van der Waals surface area contributed by atoms with Crippen molar-refractivity contribution in [3.63, 3.8) is 0 Å². The Morgan fingerprint density at radius 3 is 2.17 bits per heavy atom. The van der Waals surface area contributed by atoms with Gasteiger partial charge in [0.2, 0.25) is 5.82 Å². The van der Waals surface area contributed by atoms with Crippen molar-refractivity contribution < 1.29 is 22.0 Å². The van der Waals surface area contributed by atoms with Gasteiger partial charge < -0.3 is 10.6 Å². The van der Waals surface area contributed by atoms with Crippen molar-refractivity contribution in [2.24, 2.45) is 0 Å². The van der Waals surface area contributed by atoms with E-state index in [9.17, 15) is 22.0 Å². The molecule has 0 aliphatic carbocycles. The van der Waals surface area contributed by atoms with Gasteiger partial charge in [-0.3, -0.25) is 4.68 Å². The van der Waals surface area contributed by atoms with Crippen molar-refractivity contribution in [2.45, 2.75) is 26.4 Å². The molecule has 0 amide bonds. The van der Waals surface area contributed by atoms with Crippen molar-refractivity contribution >= 4 is 23.1 Å². The number of nitrogens with zero attached hydrogens (tertiary/aromatic N) is 2. The number of halogens is 5. The zero-order valence-corrected chi connectivity index (χ0v) is 13.4. The monoisotopic (exact) mass is 364 g/mol. The van der Waals surface area contributed by atoms with E-state index < -0.39 is 41.2 Å². The van der Waals surface area contributed by atoms with Gasteiger partial charge in [0.25, 0.3) is 0 Å². The van der Waals surface area contributed by atoms with Crippen LogP contribution in [0.1, 0.15) is 19.4 Å². The SMILES string of the molecule is CC(C)NC(=S)Nc1ccn(Cc2c(F)c(F)c(F)c(F)c2F)n1. The number of nitrogens with one attached hydrogen (secondary N) is 2. The lowest BCUT2D eigenvalue weighted by Crippen LogP contribution is -2.34. The molecule has 0 radical (unpaired) electrons. The Bertz CT molecular complexity index is 746. The summed E-state index contributed by atoms with van der Waals surface area (Å²) in [5.41, 5.74) is -0.969. The Kier molecular flexibility index (Phi) is 5.37. The summed E-state index contributed by atoms with van der Waals surface area (Å²) in [6.45, 7) is 3.11. The molecular weight excluding hydrogens is 351 g/mol. The van der Waals surface area contributed by atoms with Crippen LogP contribution >= 0.6 is 12.2 Å². The van der Waals surface area contributed by atoms with Crippen LogP contribution < -0.4 is 10.6 Å². The molecule has 0 saturated heterocycles. The predicted octanol–water partition coefficient (Wildman–Crippen LogP) is 3.32. The predicted molar refractivity (Wildman–Crippen MR) is 82.1 cm³/mol. The van der Waals surface area contributed by atoms with Gasteiger partial charge in [0.15, 0.2) is 34.2 Å². The molecule has 24 heavy (non-hydrogen) atoms. The van der Waals surface area contributed by atoms with Gasteiger partial charge in [0, 0.05) is 18.3 Å². The van der Waals surface area contributed by atoms with E-state index in [0.29, 0.717) is 0 Å². The van der Waals surface area contributed by atoms with Crippen LogP contribution in [0.5, 0.6) is 0 Å². The van der Waals surface area contributed by atoms with E-state index in [1.54, 1.807) is 0 Å². The van der Waals surface area contributed by atoms with Crippen molar-refractivity contribution in [3.05, 3.63) is 46.9 Å². The van der Waals surface area contributed by atoms with Gasteiger partial charge in [-0.25, -0.2) is 22.0 Å². The Labute approximate surface area is 139 Å². The van der Waals surface area contributed by atoms with Crippen molar-refractivity contribution in [1.29, 1.82) is 0 Å². The van der Waals surface area contributed by atoms with E-state index in [-0.39, 0.29) is 17.0 Å². The molecule has 0 spiro atoms. The van der Waals surface area contributed by atoms with Crippen molar-refractivity contribution in [2.75, 3.05) is 5.32 Å². The molecule has 130 valence electrons. The number of hydrogen-bond acceptors (Lipinski definition) is 2. The van der Waals surface area contributed by atoms with Gasteiger partial charge in [0.1, 0.15) is 0 Å². The summed E-state index contributed by atoms with van der Waals surface area (Å²) in [7, 11) is 0. The molecule has 10 heteroatoms. The molecule has 4 nitrogen and oxygen atoms in total. The third-order valence-electron chi connectivity index (χ3n) is 2.92. The Hall–Kier alpha value is -2.23. The smallest absolute Gasteiger partial charge is 0.200 e. The Morgan fingerprint density at radius 2 is 1.62 bits per heavy atom. The summed E-state index contributed by atoms with van der Waals surface area (Å²) < 4.78 is 67.7. The highest BCUT2D eigenvalue weighted by Gasteiger charge is 2.25. The van der Waals surface area contributed by atoms with E-state index >= 15 is 0 Å². The first-order valence-corrected chi connectivity index (χ1v) is 7.22. The van der Waals surface area contributed by atoms with Crippen LogP contribution in [0.15, 0.2) is 12.3 Å². The van der Waals surface area contributed by atoms with E-state index in [4.69, 9.17) is 12.2 Å². The van der Waals surface area contributed by atoms with Crippen LogP contribution in [0, 0.1) is 29.1 Å². The van der Waals surface area contributed by atoms with Crippen molar-refractivity contribution in [1.82, 2.24) is 15.1 Å². The molecule has 0 saturated carbocycles. The highest BCUT2D eigenvalue weighted by molar-refractivity contribution is 7.80. The van der Waals surface area contributed by atoms with Crippen molar-refractivity contribution in [3.8, 4) is 0 Å². The number of hydrogen-bond donors (Lipinski definition) is 2. The Morgan fingerprint density at radius 1 is 1.08 bits per heavy atom. The Balaban J connectivity index is 2.20. The van der Waals surface area contributed by atoms with Gasteiger partial charge in [-0.05, 0) is 26.1 Å². The minimum atomic E-state index is -2.19. The second-order valence-corrected chi connectivity index (χ2v) is 5.61. The summed E-state index contributed by atoms with van der Waals surface area (Å²) in [6, 6.07) is 1.53. The summed E-state index contributed by atoms with van der Waals surface area (Å²) in [4.78, 5) is 0. The molecule has 0 unspecified atom stereocenters.